The Morgan fingerprint density at radius 3 is 2.37 bits per heavy atom. The fraction of sp³-hybridized carbons (Fsp3) is 0.579. The van der Waals surface area contributed by atoms with Crippen molar-refractivity contribution in [3.8, 4) is 0 Å². The average Bonchev–Trinajstić information content (AvgIpc) is 2.66. The van der Waals surface area contributed by atoms with Crippen LogP contribution in [-0.2, 0) is 24.3 Å². The SMILES string of the molecule is CCCNC(=O)C(C)OC(=O)C1CCN(S(=O)(=O)c2ccc(C)cc2)CC1. The second-order valence-corrected chi connectivity index (χ2v) is 8.80. The number of piperidine rings is 1. The maximum Gasteiger partial charge on any atom is 0.309 e. The minimum atomic E-state index is -3.56. The molecule has 0 aromatic heterocycles. The van der Waals surface area contributed by atoms with Gasteiger partial charge in [0.2, 0.25) is 10.0 Å². The monoisotopic (exact) mass is 396 g/mol. The molecule has 1 aliphatic heterocycles. The minimum Gasteiger partial charge on any atom is -0.452 e. The lowest BCUT2D eigenvalue weighted by molar-refractivity contribution is -0.159. The first kappa shape index (κ1) is 21.4. The van der Waals surface area contributed by atoms with Crippen molar-refractivity contribution >= 4 is 21.9 Å². The Balaban J connectivity index is 1.89. The highest BCUT2D eigenvalue weighted by Crippen LogP contribution is 2.25. The van der Waals surface area contributed by atoms with Crippen molar-refractivity contribution in [3.63, 3.8) is 0 Å². The highest BCUT2D eigenvalue weighted by molar-refractivity contribution is 7.89. The molecule has 1 aromatic carbocycles. The Bertz CT molecular complexity index is 753. The third-order valence-corrected chi connectivity index (χ3v) is 6.57. The Morgan fingerprint density at radius 2 is 1.81 bits per heavy atom. The second-order valence-electron chi connectivity index (χ2n) is 6.86. The van der Waals surface area contributed by atoms with Gasteiger partial charge in [-0.15, -0.1) is 0 Å². The first-order valence-corrected chi connectivity index (χ1v) is 10.7. The van der Waals surface area contributed by atoms with Crippen LogP contribution >= 0.6 is 0 Å². The lowest BCUT2D eigenvalue weighted by atomic mass is 9.98. The summed E-state index contributed by atoms with van der Waals surface area (Å²) in [6.45, 7) is 6.43. The predicted molar refractivity (Wildman–Crippen MR) is 102 cm³/mol. The van der Waals surface area contributed by atoms with Gasteiger partial charge in [-0.1, -0.05) is 24.6 Å². The topological polar surface area (TPSA) is 92.8 Å². The van der Waals surface area contributed by atoms with Gasteiger partial charge in [-0.05, 0) is 45.2 Å². The Kier molecular flexibility index (Phi) is 7.38. The molecule has 1 fully saturated rings. The molecule has 0 radical (unpaired) electrons. The van der Waals surface area contributed by atoms with Crippen LogP contribution in [0.1, 0.15) is 38.7 Å². The van der Waals surface area contributed by atoms with Crippen molar-refractivity contribution in [2.45, 2.75) is 51.0 Å². The van der Waals surface area contributed by atoms with Gasteiger partial charge in [-0.3, -0.25) is 9.59 Å². The molecule has 1 heterocycles. The van der Waals surface area contributed by atoms with Crippen LogP contribution < -0.4 is 5.32 Å². The largest absolute Gasteiger partial charge is 0.452 e. The number of amides is 1. The number of hydrogen-bond acceptors (Lipinski definition) is 5. The lowest BCUT2D eigenvalue weighted by Crippen LogP contribution is -2.42. The van der Waals surface area contributed by atoms with Crippen LogP contribution in [0.3, 0.4) is 0 Å². The molecule has 8 heteroatoms. The molecule has 1 atom stereocenters. The summed E-state index contributed by atoms with van der Waals surface area (Å²) in [5.41, 5.74) is 0.993. The van der Waals surface area contributed by atoms with Gasteiger partial charge in [-0.2, -0.15) is 4.31 Å². The smallest absolute Gasteiger partial charge is 0.309 e. The summed E-state index contributed by atoms with van der Waals surface area (Å²) in [6.07, 6.45) is 0.721. The maximum absolute atomic E-state index is 12.7. The zero-order valence-electron chi connectivity index (χ0n) is 16.1. The highest BCUT2D eigenvalue weighted by atomic mass is 32.2. The Labute approximate surface area is 161 Å². The maximum atomic E-state index is 12.7. The molecule has 0 saturated carbocycles. The van der Waals surface area contributed by atoms with Crippen molar-refractivity contribution in [2.24, 2.45) is 5.92 Å². The second kappa shape index (κ2) is 9.32. The summed E-state index contributed by atoms with van der Waals surface area (Å²) in [5.74, 6) is -1.15. The number of nitrogens with zero attached hydrogens (tertiary/aromatic N) is 1. The lowest BCUT2D eigenvalue weighted by Gasteiger charge is -2.30. The number of benzene rings is 1. The van der Waals surface area contributed by atoms with E-state index in [-0.39, 0.29) is 23.9 Å². The first-order chi connectivity index (χ1) is 12.8. The number of carbonyl (C=O) groups excluding carboxylic acids is 2. The number of sulfonamides is 1. The summed E-state index contributed by atoms with van der Waals surface area (Å²) in [4.78, 5) is 24.3. The van der Waals surface area contributed by atoms with E-state index in [9.17, 15) is 18.0 Å². The van der Waals surface area contributed by atoms with Crippen LogP contribution in [0, 0.1) is 12.8 Å². The van der Waals surface area contributed by atoms with Crippen molar-refractivity contribution in [2.75, 3.05) is 19.6 Å². The number of esters is 1. The molecular weight excluding hydrogens is 368 g/mol. The van der Waals surface area contributed by atoms with Gasteiger partial charge in [0, 0.05) is 19.6 Å². The van der Waals surface area contributed by atoms with Crippen molar-refractivity contribution in [3.05, 3.63) is 29.8 Å². The molecule has 0 spiro atoms. The van der Waals surface area contributed by atoms with E-state index in [0.717, 1.165) is 12.0 Å². The van der Waals surface area contributed by atoms with Gasteiger partial charge in [0.15, 0.2) is 6.10 Å². The molecule has 1 unspecified atom stereocenters. The molecule has 2 rings (SSSR count). The molecular formula is C19H28N2O5S. The third kappa shape index (κ3) is 5.52. The fourth-order valence-electron chi connectivity index (χ4n) is 2.91. The molecule has 1 saturated heterocycles. The van der Waals surface area contributed by atoms with Gasteiger partial charge in [-0.25, -0.2) is 8.42 Å². The van der Waals surface area contributed by atoms with E-state index in [0.29, 0.717) is 19.4 Å². The fourth-order valence-corrected chi connectivity index (χ4v) is 4.38. The van der Waals surface area contributed by atoms with Gasteiger partial charge < -0.3 is 10.1 Å². The van der Waals surface area contributed by atoms with E-state index >= 15 is 0 Å². The summed E-state index contributed by atoms with van der Waals surface area (Å²) in [6, 6.07) is 6.73. The average molecular weight is 397 g/mol. The van der Waals surface area contributed by atoms with Gasteiger partial charge >= 0.3 is 5.97 Å². The van der Waals surface area contributed by atoms with E-state index in [1.807, 2.05) is 13.8 Å². The van der Waals surface area contributed by atoms with Crippen LogP contribution in [0.4, 0.5) is 0 Å². The van der Waals surface area contributed by atoms with E-state index in [1.54, 1.807) is 31.2 Å². The number of ether oxygens (including phenoxy) is 1. The number of carbonyl (C=O) groups is 2. The molecule has 1 aromatic rings. The Hall–Kier alpha value is -1.93. The predicted octanol–water partition coefficient (Wildman–Crippen LogP) is 1.85. The third-order valence-electron chi connectivity index (χ3n) is 4.66. The molecule has 1 aliphatic rings. The zero-order valence-corrected chi connectivity index (χ0v) is 16.9. The summed E-state index contributed by atoms with van der Waals surface area (Å²) in [5, 5.41) is 2.69. The number of rotatable bonds is 7. The van der Waals surface area contributed by atoms with Crippen molar-refractivity contribution in [1.82, 2.24) is 9.62 Å². The molecule has 1 N–H and O–H groups in total. The molecule has 150 valence electrons. The normalized spacial score (nSPS) is 17.3. The van der Waals surface area contributed by atoms with E-state index in [2.05, 4.69) is 5.32 Å². The van der Waals surface area contributed by atoms with Crippen LogP contribution in [0.15, 0.2) is 29.2 Å². The molecule has 1 amide bonds. The molecule has 0 bridgehead atoms. The summed E-state index contributed by atoms with van der Waals surface area (Å²) in [7, 11) is -3.56. The van der Waals surface area contributed by atoms with E-state index in [4.69, 9.17) is 4.74 Å². The summed E-state index contributed by atoms with van der Waals surface area (Å²) < 4.78 is 32.0. The summed E-state index contributed by atoms with van der Waals surface area (Å²) >= 11 is 0. The highest BCUT2D eigenvalue weighted by Gasteiger charge is 2.33. The number of hydrogen-bond donors (Lipinski definition) is 1. The molecule has 0 aliphatic carbocycles. The zero-order chi connectivity index (χ0) is 20.0. The van der Waals surface area contributed by atoms with Crippen molar-refractivity contribution in [1.29, 1.82) is 0 Å². The molecule has 27 heavy (non-hydrogen) atoms. The van der Waals surface area contributed by atoms with Gasteiger partial charge in [0.1, 0.15) is 0 Å². The number of aryl methyl sites for hydroxylation is 1. The van der Waals surface area contributed by atoms with Crippen LogP contribution in [0.2, 0.25) is 0 Å². The van der Waals surface area contributed by atoms with E-state index in [1.165, 1.54) is 4.31 Å². The minimum absolute atomic E-state index is 0.256. The van der Waals surface area contributed by atoms with Crippen LogP contribution in [0.25, 0.3) is 0 Å². The molecule has 7 nitrogen and oxygen atoms in total. The quantitative estimate of drug-likeness (QED) is 0.710. The number of nitrogens with one attached hydrogen (secondary N) is 1. The van der Waals surface area contributed by atoms with Gasteiger partial charge in [0.05, 0.1) is 10.8 Å². The van der Waals surface area contributed by atoms with Gasteiger partial charge in [0.25, 0.3) is 5.91 Å². The van der Waals surface area contributed by atoms with Crippen molar-refractivity contribution < 1.29 is 22.7 Å². The van der Waals surface area contributed by atoms with Crippen LogP contribution in [0.5, 0.6) is 0 Å². The van der Waals surface area contributed by atoms with E-state index < -0.39 is 28.0 Å². The standard InChI is InChI=1S/C19H28N2O5S/c1-4-11-20-18(22)15(3)26-19(23)16-9-12-21(13-10-16)27(24,25)17-7-5-14(2)6-8-17/h5-8,15-16H,4,9-13H2,1-3H3,(H,20,22). The van der Waals surface area contributed by atoms with Crippen LogP contribution in [-0.4, -0.2) is 50.3 Å². The first-order valence-electron chi connectivity index (χ1n) is 9.30. The Morgan fingerprint density at radius 1 is 1.22 bits per heavy atom.